The molecular formula is C17H18FN3OS. The monoisotopic (exact) mass is 331 g/mol. The predicted molar refractivity (Wildman–Crippen MR) is 89.6 cm³/mol. The van der Waals surface area contributed by atoms with Gasteiger partial charge < -0.3 is 10.4 Å². The number of thiophene rings is 1. The zero-order chi connectivity index (χ0) is 16.3. The van der Waals surface area contributed by atoms with Crippen LogP contribution in [0.3, 0.4) is 0 Å². The Bertz CT molecular complexity index is 751. The molecule has 0 bridgehead atoms. The Morgan fingerprint density at radius 1 is 1.30 bits per heavy atom. The lowest BCUT2D eigenvalue weighted by Crippen LogP contribution is -2.35. The number of aromatic amines is 1. The molecule has 23 heavy (non-hydrogen) atoms. The van der Waals surface area contributed by atoms with Crippen molar-refractivity contribution in [2.24, 2.45) is 0 Å². The van der Waals surface area contributed by atoms with Gasteiger partial charge in [0.05, 0.1) is 22.4 Å². The van der Waals surface area contributed by atoms with E-state index in [2.05, 4.69) is 15.5 Å². The second-order valence-corrected chi connectivity index (χ2v) is 6.58. The second-order valence-electron chi connectivity index (χ2n) is 5.63. The molecule has 0 saturated carbocycles. The minimum Gasteiger partial charge on any atom is -0.384 e. The molecule has 0 saturated heterocycles. The molecule has 3 aromatic rings. The summed E-state index contributed by atoms with van der Waals surface area (Å²) in [6.07, 6.45) is 1.79. The molecule has 1 aromatic carbocycles. The van der Waals surface area contributed by atoms with Gasteiger partial charge in [-0.1, -0.05) is 18.2 Å². The van der Waals surface area contributed by atoms with E-state index in [1.54, 1.807) is 36.6 Å². The first-order valence-corrected chi connectivity index (χ1v) is 8.19. The van der Waals surface area contributed by atoms with E-state index in [9.17, 15) is 9.50 Å². The number of hydrogen-bond donors (Lipinski definition) is 3. The summed E-state index contributed by atoms with van der Waals surface area (Å²) in [5, 5.41) is 22.9. The number of rotatable bonds is 6. The highest BCUT2D eigenvalue weighted by Gasteiger charge is 2.22. The molecule has 1 unspecified atom stereocenters. The van der Waals surface area contributed by atoms with Crippen LogP contribution in [-0.4, -0.2) is 21.8 Å². The fourth-order valence-electron chi connectivity index (χ4n) is 2.43. The van der Waals surface area contributed by atoms with Crippen molar-refractivity contribution >= 4 is 11.3 Å². The van der Waals surface area contributed by atoms with Gasteiger partial charge in [-0.05, 0) is 36.1 Å². The van der Waals surface area contributed by atoms with Gasteiger partial charge in [0.15, 0.2) is 0 Å². The molecule has 3 rings (SSSR count). The van der Waals surface area contributed by atoms with Gasteiger partial charge in [0.2, 0.25) is 0 Å². The van der Waals surface area contributed by atoms with Gasteiger partial charge in [-0.25, -0.2) is 4.39 Å². The summed E-state index contributed by atoms with van der Waals surface area (Å²) in [7, 11) is 0. The summed E-state index contributed by atoms with van der Waals surface area (Å²) < 4.78 is 13.0. The van der Waals surface area contributed by atoms with Gasteiger partial charge in [0, 0.05) is 18.7 Å². The van der Waals surface area contributed by atoms with E-state index in [-0.39, 0.29) is 5.82 Å². The van der Waals surface area contributed by atoms with Crippen LogP contribution in [0.1, 0.15) is 18.1 Å². The van der Waals surface area contributed by atoms with Crippen LogP contribution in [0.2, 0.25) is 0 Å². The van der Waals surface area contributed by atoms with Gasteiger partial charge >= 0.3 is 0 Å². The maximum absolute atomic E-state index is 13.0. The van der Waals surface area contributed by atoms with Crippen molar-refractivity contribution in [1.82, 2.24) is 15.5 Å². The van der Waals surface area contributed by atoms with Crippen molar-refractivity contribution in [3.8, 4) is 10.6 Å². The molecule has 6 heteroatoms. The molecule has 0 aliphatic rings. The van der Waals surface area contributed by atoms with E-state index in [4.69, 9.17) is 0 Å². The fraction of sp³-hybridized carbons (Fsp3) is 0.235. The van der Waals surface area contributed by atoms with Gasteiger partial charge in [-0.2, -0.15) is 5.10 Å². The number of halogens is 1. The SMILES string of the molecule is CC(O)(CNCc1cn[nH]c1-c1cccs1)c1ccc(F)cc1. The highest BCUT2D eigenvalue weighted by molar-refractivity contribution is 7.13. The van der Waals surface area contributed by atoms with Crippen molar-refractivity contribution in [2.75, 3.05) is 6.54 Å². The first-order valence-electron chi connectivity index (χ1n) is 7.31. The third kappa shape index (κ3) is 3.67. The summed E-state index contributed by atoms with van der Waals surface area (Å²) in [5.41, 5.74) is 1.65. The Labute approximate surface area is 138 Å². The van der Waals surface area contributed by atoms with Crippen LogP contribution in [0.5, 0.6) is 0 Å². The topological polar surface area (TPSA) is 60.9 Å². The zero-order valence-corrected chi connectivity index (χ0v) is 13.5. The van der Waals surface area contributed by atoms with Gasteiger partial charge in [-0.3, -0.25) is 5.10 Å². The molecule has 0 aliphatic heterocycles. The predicted octanol–water partition coefficient (Wildman–Crippen LogP) is 3.27. The maximum atomic E-state index is 13.0. The second kappa shape index (κ2) is 6.62. The number of H-pyrrole nitrogens is 1. The molecule has 2 heterocycles. The lowest BCUT2D eigenvalue weighted by molar-refractivity contribution is 0.0566. The van der Waals surface area contributed by atoms with E-state index in [1.165, 1.54) is 12.1 Å². The standard InChI is InChI=1S/C17H18FN3OS/c1-17(22,13-4-6-14(18)7-5-13)11-19-9-12-10-20-21-16(12)15-3-2-8-23-15/h2-8,10,19,22H,9,11H2,1H3,(H,20,21). The maximum Gasteiger partial charge on any atom is 0.123 e. The molecule has 0 amide bonds. The van der Waals surface area contributed by atoms with Crippen molar-refractivity contribution < 1.29 is 9.50 Å². The first-order chi connectivity index (χ1) is 11.1. The Balaban J connectivity index is 1.63. The van der Waals surface area contributed by atoms with Crippen molar-refractivity contribution in [2.45, 2.75) is 19.1 Å². The van der Waals surface area contributed by atoms with E-state index < -0.39 is 5.60 Å². The summed E-state index contributed by atoms with van der Waals surface area (Å²) in [4.78, 5) is 1.13. The number of aromatic nitrogens is 2. The summed E-state index contributed by atoms with van der Waals surface area (Å²) in [6.45, 7) is 2.65. The smallest absolute Gasteiger partial charge is 0.123 e. The van der Waals surface area contributed by atoms with E-state index >= 15 is 0 Å². The van der Waals surface area contributed by atoms with Gasteiger partial charge in [0.25, 0.3) is 0 Å². The van der Waals surface area contributed by atoms with Gasteiger partial charge in [-0.15, -0.1) is 11.3 Å². The van der Waals surface area contributed by atoms with Crippen molar-refractivity contribution in [1.29, 1.82) is 0 Å². The lowest BCUT2D eigenvalue weighted by atomic mass is 9.96. The van der Waals surface area contributed by atoms with Crippen LogP contribution in [0, 0.1) is 5.82 Å². The Morgan fingerprint density at radius 2 is 2.09 bits per heavy atom. The molecule has 0 radical (unpaired) electrons. The van der Waals surface area contributed by atoms with Crippen LogP contribution in [0.4, 0.5) is 4.39 Å². The fourth-order valence-corrected chi connectivity index (χ4v) is 3.19. The molecular weight excluding hydrogens is 313 g/mol. The number of benzene rings is 1. The summed E-state index contributed by atoms with van der Waals surface area (Å²) in [6, 6.07) is 9.95. The number of nitrogens with zero attached hydrogens (tertiary/aromatic N) is 1. The largest absolute Gasteiger partial charge is 0.384 e. The van der Waals surface area contributed by atoms with Crippen molar-refractivity contribution in [3.63, 3.8) is 0 Å². The quantitative estimate of drug-likeness (QED) is 0.650. The third-order valence-corrected chi connectivity index (χ3v) is 4.62. The number of hydrogen-bond acceptors (Lipinski definition) is 4. The molecule has 0 aliphatic carbocycles. The van der Waals surface area contributed by atoms with Crippen LogP contribution >= 0.6 is 11.3 Å². The minimum atomic E-state index is -1.07. The molecule has 1 atom stereocenters. The lowest BCUT2D eigenvalue weighted by Gasteiger charge is -2.24. The van der Waals surface area contributed by atoms with E-state index in [0.29, 0.717) is 18.7 Å². The highest BCUT2D eigenvalue weighted by Crippen LogP contribution is 2.26. The molecule has 0 spiro atoms. The summed E-state index contributed by atoms with van der Waals surface area (Å²) >= 11 is 1.65. The van der Waals surface area contributed by atoms with E-state index in [1.807, 2.05) is 17.5 Å². The van der Waals surface area contributed by atoms with Crippen LogP contribution in [0.25, 0.3) is 10.6 Å². The summed E-state index contributed by atoms with van der Waals surface area (Å²) in [5.74, 6) is -0.309. The minimum absolute atomic E-state index is 0.309. The average Bonchev–Trinajstić information content (AvgIpc) is 3.18. The average molecular weight is 331 g/mol. The first kappa shape index (κ1) is 15.9. The molecule has 2 aromatic heterocycles. The Kier molecular flexibility index (Phi) is 4.56. The highest BCUT2D eigenvalue weighted by atomic mass is 32.1. The van der Waals surface area contributed by atoms with Gasteiger partial charge in [0.1, 0.15) is 5.82 Å². The number of aliphatic hydroxyl groups is 1. The Hall–Kier alpha value is -2.02. The van der Waals surface area contributed by atoms with Crippen LogP contribution < -0.4 is 5.32 Å². The van der Waals surface area contributed by atoms with Crippen LogP contribution in [0.15, 0.2) is 48.0 Å². The number of nitrogens with one attached hydrogen (secondary N) is 2. The van der Waals surface area contributed by atoms with Crippen LogP contribution in [-0.2, 0) is 12.1 Å². The zero-order valence-electron chi connectivity index (χ0n) is 12.7. The molecule has 120 valence electrons. The molecule has 3 N–H and O–H groups in total. The third-order valence-electron chi connectivity index (χ3n) is 3.74. The Morgan fingerprint density at radius 3 is 2.78 bits per heavy atom. The van der Waals surface area contributed by atoms with Crippen molar-refractivity contribution in [3.05, 3.63) is 64.9 Å². The van der Waals surface area contributed by atoms with E-state index in [0.717, 1.165) is 16.1 Å². The molecule has 4 nitrogen and oxygen atoms in total. The molecule has 0 fully saturated rings. The normalized spacial score (nSPS) is 13.9.